The molecule has 3 rings (SSSR count). The number of rotatable bonds is 4. The van der Waals surface area contributed by atoms with E-state index < -0.39 is 0 Å². The summed E-state index contributed by atoms with van der Waals surface area (Å²) >= 11 is 3.39. The Morgan fingerprint density at radius 1 is 1.23 bits per heavy atom. The number of hydrogen-bond acceptors (Lipinski definition) is 3. The van der Waals surface area contributed by atoms with Crippen LogP contribution in [0, 0.1) is 0 Å². The zero-order valence-corrected chi connectivity index (χ0v) is 13.2. The molecule has 0 fully saturated rings. The van der Waals surface area contributed by atoms with Gasteiger partial charge in [0.15, 0.2) is 0 Å². The van der Waals surface area contributed by atoms with Crippen LogP contribution in [0.1, 0.15) is 16.1 Å². The standard InChI is InChI=1S/C16H13BrN4O/c17-13-5-3-12(4-6-13)14-8-15(21-20-14)16(22)19-10-11-2-1-7-18-9-11/h1-9H,10H2,(H,19,22)(H,20,21). The molecule has 0 aliphatic rings. The molecule has 5 nitrogen and oxygen atoms in total. The molecule has 110 valence electrons. The van der Waals surface area contributed by atoms with Gasteiger partial charge in [0, 0.05) is 29.0 Å². The maximum Gasteiger partial charge on any atom is 0.269 e. The van der Waals surface area contributed by atoms with Crippen LogP contribution < -0.4 is 5.32 Å². The number of carbonyl (C=O) groups is 1. The molecule has 0 bridgehead atoms. The average molecular weight is 357 g/mol. The number of amides is 1. The van der Waals surface area contributed by atoms with E-state index in [1.807, 2.05) is 36.4 Å². The Kier molecular flexibility index (Phi) is 4.29. The van der Waals surface area contributed by atoms with Crippen molar-refractivity contribution in [1.82, 2.24) is 20.5 Å². The molecule has 0 aliphatic heterocycles. The van der Waals surface area contributed by atoms with Crippen LogP contribution in [0.3, 0.4) is 0 Å². The molecule has 0 radical (unpaired) electrons. The Bertz CT molecular complexity index is 768. The minimum atomic E-state index is -0.195. The number of hydrogen-bond donors (Lipinski definition) is 2. The highest BCUT2D eigenvalue weighted by Gasteiger charge is 2.10. The van der Waals surface area contributed by atoms with E-state index in [-0.39, 0.29) is 5.91 Å². The van der Waals surface area contributed by atoms with Gasteiger partial charge in [-0.1, -0.05) is 34.1 Å². The number of carbonyl (C=O) groups excluding carboxylic acids is 1. The zero-order valence-electron chi connectivity index (χ0n) is 11.6. The predicted molar refractivity (Wildman–Crippen MR) is 87.1 cm³/mol. The summed E-state index contributed by atoms with van der Waals surface area (Å²) in [6.07, 6.45) is 3.42. The van der Waals surface area contributed by atoms with E-state index in [0.717, 1.165) is 21.3 Å². The quantitative estimate of drug-likeness (QED) is 0.754. The number of halogens is 1. The van der Waals surface area contributed by atoms with Crippen LogP contribution in [-0.4, -0.2) is 21.1 Å². The Labute approximate surface area is 135 Å². The highest BCUT2D eigenvalue weighted by molar-refractivity contribution is 9.10. The molecule has 0 saturated heterocycles. The molecule has 0 atom stereocenters. The maximum atomic E-state index is 12.1. The molecule has 3 aromatic rings. The van der Waals surface area contributed by atoms with Crippen LogP contribution in [0.4, 0.5) is 0 Å². The van der Waals surface area contributed by atoms with Crippen LogP contribution in [0.25, 0.3) is 11.3 Å². The zero-order chi connectivity index (χ0) is 15.4. The number of benzene rings is 1. The number of aromatic nitrogens is 3. The van der Waals surface area contributed by atoms with Crippen LogP contribution in [0.2, 0.25) is 0 Å². The van der Waals surface area contributed by atoms with Gasteiger partial charge in [-0.15, -0.1) is 0 Å². The SMILES string of the molecule is O=C(NCc1cccnc1)c1cc(-c2ccc(Br)cc2)n[nH]1. The fourth-order valence-corrected chi connectivity index (χ4v) is 2.25. The predicted octanol–water partition coefficient (Wildman–Crippen LogP) is 3.16. The second-order valence-electron chi connectivity index (χ2n) is 4.72. The first-order chi connectivity index (χ1) is 10.7. The van der Waals surface area contributed by atoms with Crippen molar-refractivity contribution < 1.29 is 4.79 Å². The topological polar surface area (TPSA) is 70.7 Å². The van der Waals surface area contributed by atoms with Gasteiger partial charge in [-0.3, -0.25) is 14.9 Å². The lowest BCUT2D eigenvalue weighted by atomic mass is 10.1. The Balaban J connectivity index is 1.68. The van der Waals surface area contributed by atoms with Crippen molar-refractivity contribution in [3.05, 3.63) is 70.6 Å². The molecular formula is C16H13BrN4O. The van der Waals surface area contributed by atoms with Crippen molar-refractivity contribution in [1.29, 1.82) is 0 Å². The highest BCUT2D eigenvalue weighted by Crippen LogP contribution is 2.20. The summed E-state index contributed by atoms with van der Waals surface area (Å²) in [6, 6.07) is 13.2. The lowest BCUT2D eigenvalue weighted by molar-refractivity contribution is 0.0946. The van der Waals surface area contributed by atoms with Crippen LogP contribution >= 0.6 is 15.9 Å². The molecule has 6 heteroatoms. The van der Waals surface area contributed by atoms with E-state index >= 15 is 0 Å². The number of H-pyrrole nitrogens is 1. The molecule has 2 aromatic heterocycles. The summed E-state index contributed by atoms with van der Waals surface area (Å²) in [5.74, 6) is -0.195. The van der Waals surface area contributed by atoms with Crippen LogP contribution in [-0.2, 0) is 6.54 Å². The Morgan fingerprint density at radius 3 is 2.77 bits per heavy atom. The molecule has 2 heterocycles. The minimum absolute atomic E-state index is 0.195. The van der Waals surface area contributed by atoms with Gasteiger partial charge in [0.05, 0.1) is 5.69 Å². The van der Waals surface area contributed by atoms with Gasteiger partial charge in [-0.05, 0) is 29.8 Å². The summed E-state index contributed by atoms with van der Waals surface area (Å²) in [5.41, 5.74) is 3.06. The first-order valence-electron chi connectivity index (χ1n) is 6.71. The fraction of sp³-hybridized carbons (Fsp3) is 0.0625. The third-order valence-corrected chi connectivity index (χ3v) is 3.67. The first kappa shape index (κ1) is 14.5. The van der Waals surface area contributed by atoms with Crippen molar-refractivity contribution in [3.63, 3.8) is 0 Å². The molecule has 1 aromatic carbocycles. The van der Waals surface area contributed by atoms with Gasteiger partial charge in [0.1, 0.15) is 5.69 Å². The van der Waals surface area contributed by atoms with Crippen molar-refractivity contribution in [2.24, 2.45) is 0 Å². The fourth-order valence-electron chi connectivity index (χ4n) is 1.99. The molecule has 1 amide bonds. The summed E-state index contributed by atoms with van der Waals surface area (Å²) in [6.45, 7) is 0.430. The van der Waals surface area contributed by atoms with Crippen molar-refractivity contribution in [3.8, 4) is 11.3 Å². The molecular weight excluding hydrogens is 344 g/mol. The van der Waals surface area contributed by atoms with Crippen molar-refractivity contribution in [2.75, 3.05) is 0 Å². The number of pyridine rings is 1. The van der Waals surface area contributed by atoms with E-state index in [0.29, 0.717) is 12.2 Å². The van der Waals surface area contributed by atoms with Crippen molar-refractivity contribution in [2.45, 2.75) is 6.54 Å². The van der Waals surface area contributed by atoms with E-state index in [9.17, 15) is 4.79 Å². The van der Waals surface area contributed by atoms with Gasteiger partial charge in [0.2, 0.25) is 0 Å². The molecule has 2 N–H and O–H groups in total. The average Bonchev–Trinajstić information content (AvgIpc) is 3.04. The molecule has 0 spiro atoms. The largest absolute Gasteiger partial charge is 0.347 e. The van der Waals surface area contributed by atoms with E-state index in [4.69, 9.17) is 0 Å². The Morgan fingerprint density at radius 2 is 2.05 bits per heavy atom. The van der Waals surface area contributed by atoms with E-state index in [1.54, 1.807) is 18.5 Å². The van der Waals surface area contributed by atoms with Gasteiger partial charge in [-0.2, -0.15) is 5.10 Å². The normalized spacial score (nSPS) is 10.4. The van der Waals surface area contributed by atoms with Gasteiger partial charge in [0.25, 0.3) is 5.91 Å². The number of aromatic amines is 1. The monoisotopic (exact) mass is 356 g/mol. The lowest BCUT2D eigenvalue weighted by Gasteiger charge is -2.02. The second kappa shape index (κ2) is 6.53. The third kappa shape index (κ3) is 3.40. The van der Waals surface area contributed by atoms with E-state index in [2.05, 4.69) is 36.4 Å². The summed E-state index contributed by atoms with van der Waals surface area (Å²) < 4.78 is 1.00. The van der Waals surface area contributed by atoms with Gasteiger partial charge < -0.3 is 5.32 Å². The smallest absolute Gasteiger partial charge is 0.269 e. The number of nitrogens with zero attached hydrogens (tertiary/aromatic N) is 2. The molecule has 0 saturated carbocycles. The maximum absolute atomic E-state index is 12.1. The van der Waals surface area contributed by atoms with Gasteiger partial charge >= 0.3 is 0 Å². The second-order valence-corrected chi connectivity index (χ2v) is 5.63. The number of nitrogens with one attached hydrogen (secondary N) is 2. The third-order valence-electron chi connectivity index (χ3n) is 3.14. The Hall–Kier alpha value is -2.47. The molecule has 0 aliphatic carbocycles. The molecule has 0 unspecified atom stereocenters. The van der Waals surface area contributed by atoms with Gasteiger partial charge in [-0.25, -0.2) is 0 Å². The summed E-state index contributed by atoms with van der Waals surface area (Å²) in [5, 5.41) is 9.78. The van der Waals surface area contributed by atoms with Crippen LogP contribution in [0.15, 0.2) is 59.3 Å². The first-order valence-corrected chi connectivity index (χ1v) is 7.50. The highest BCUT2D eigenvalue weighted by atomic mass is 79.9. The minimum Gasteiger partial charge on any atom is -0.347 e. The van der Waals surface area contributed by atoms with E-state index in [1.165, 1.54) is 0 Å². The van der Waals surface area contributed by atoms with Crippen LogP contribution in [0.5, 0.6) is 0 Å². The molecule has 22 heavy (non-hydrogen) atoms. The van der Waals surface area contributed by atoms with Crippen molar-refractivity contribution >= 4 is 21.8 Å². The summed E-state index contributed by atoms with van der Waals surface area (Å²) in [7, 11) is 0. The lowest BCUT2D eigenvalue weighted by Crippen LogP contribution is -2.23. The summed E-state index contributed by atoms with van der Waals surface area (Å²) in [4.78, 5) is 16.1.